The average Bonchev–Trinajstić information content (AvgIpc) is 3.16. The predicted octanol–water partition coefficient (Wildman–Crippen LogP) is 3.86. The summed E-state index contributed by atoms with van der Waals surface area (Å²) in [6.45, 7) is 3.90. The zero-order valence-electron chi connectivity index (χ0n) is 20.0. The molecule has 34 heavy (non-hydrogen) atoms. The van der Waals surface area contributed by atoms with E-state index in [4.69, 9.17) is 1.37 Å². The number of alkyl halides is 2. The van der Waals surface area contributed by atoms with Crippen LogP contribution in [0.25, 0.3) is 0 Å². The minimum Gasteiger partial charge on any atom is -0.322 e. The number of carbonyl (C=O) groups is 4. The summed E-state index contributed by atoms with van der Waals surface area (Å²) in [7, 11) is 0. The molecule has 178 valence electrons. The highest BCUT2D eigenvalue weighted by Gasteiger charge is 2.41. The number of piperidine rings is 1. The summed E-state index contributed by atoms with van der Waals surface area (Å²) in [5.74, 6) is -6.44. The number of fused-ring (bicyclic) bond motifs is 1. The molecule has 6 nitrogen and oxygen atoms in total. The lowest BCUT2D eigenvalue weighted by Crippen LogP contribution is -2.52. The summed E-state index contributed by atoms with van der Waals surface area (Å²) in [6, 6.07) is 8.64. The van der Waals surface area contributed by atoms with Crippen LogP contribution in [0.2, 0.25) is 0 Å². The molecular weight excluding hydrogens is 442 g/mol. The van der Waals surface area contributed by atoms with E-state index in [-0.39, 0.29) is 43.7 Å². The number of nitrogens with zero attached hydrogens (tertiary/aromatic N) is 1. The maximum atomic E-state index is 14.7. The van der Waals surface area contributed by atoms with Gasteiger partial charge in [0, 0.05) is 30.5 Å². The molecule has 1 fully saturated rings. The van der Waals surface area contributed by atoms with Crippen molar-refractivity contribution < 1.29 is 29.3 Å². The third-order valence-electron chi connectivity index (χ3n) is 6.33. The van der Waals surface area contributed by atoms with Crippen LogP contribution in [0.4, 0.5) is 8.78 Å². The van der Waals surface area contributed by atoms with Gasteiger partial charge in [0.2, 0.25) is 17.6 Å². The second kappa shape index (κ2) is 9.08. The van der Waals surface area contributed by atoms with Crippen molar-refractivity contribution in [1.82, 2.24) is 10.2 Å². The van der Waals surface area contributed by atoms with Crippen LogP contribution >= 0.6 is 0 Å². The van der Waals surface area contributed by atoms with Gasteiger partial charge in [-0.25, -0.2) is 0 Å². The molecule has 2 aliphatic heterocycles. The third kappa shape index (κ3) is 4.49. The molecule has 0 aliphatic carbocycles. The van der Waals surface area contributed by atoms with E-state index in [1.54, 1.807) is 24.3 Å². The molecule has 0 unspecified atom stereocenters. The van der Waals surface area contributed by atoms with Crippen LogP contribution < -0.4 is 5.32 Å². The number of hydrogen-bond acceptors (Lipinski definition) is 4. The number of benzene rings is 2. The smallest absolute Gasteiger partial charge is 0.322 e. The molecule has 4 rings (SSSR count). The second-order valence-corrected chi connectivity index (χ2v) is 8.98. The van der Waals surface area contributed by atoms with Gasteiger partial charge in [-0.2, -0.15) is 8.78 Å². The van der Waals surface area contributed by atoms with Crippen molar-refractivity contribution in [2.45, 2.75) is 63.9 Å². The molecule has 0 spiro atoms. The van der Waals surface area contributed by atoms with Crippen LogP contribution in [-0.2, 0) is 33.3 Å². The first-order chi connectivity index (χ1) is 16.4. The molecule has 0 saturated carbocycles. The Bertz CT molecular complexity index is 1210. The first-order valence-corrected chi connectivity index (χ1v) is 11.2. The molecular formula is C26H26F2N2O4. The molecule has 0 radical (unpaired) electrons. The molecule has 3 amide bonds. The minimum atomic E-state index is -3.61. The van der Waals surface area contributed by atoms with Gasteiger partial charge in [0.05, 0.1) is 1.37 Å². The van der Waals surface area contributed by atoms with Gasteiger partial charge in [0.15, 0.2) is 0 Å². The molecule has 8 heteroatoms. The molecule has 2 heterocycles. The highest BCUT2D eigenvalue weighted by Crippen LogP contribution is 2.33. The molecule has 2 aromatic carbocycles. The number of aryl methyl sites for hydroxylation is 1. The SMILES string of the molecule is [2H][C@@]1(N2Cc3cc(CCC(=O)C(F)(F)c4ccc(C(C)C)cc4)ccc3C2=O)CCC(=O)NC1=O. The highest BCUT2D eigenvalue weighted by molar-refractivity contribution is 6.05. The first kappa shape index (κ1) is 22.4. The molecule has 0 bridgehead atoms. The minimum absolute atomic E-state index is 0.0145. The van der Waals surface area contributed by atoms with Crippen molar-refractivity contribution in [3.63, 3.8) is 0 Å². The Labute approximate surface area is 197 Å². The quantitative estimate of drug-likeness (QED) is 0.624. The Kier molecular flexibility index (Phi) is 5.98. The zero-order chi connectivity index (χ0) is 25.5. The Hall–Kier alpha value is -3.42. The van der Waals surface area contributed by atoms with Gasteiger partial charge in [-0.3, -0.25) is 24.5 Å². The first-order valence-electron chi connectivity index (χ1n) is 11.7. The van der Waals surface area contributed by atoms with E-state index in [1.165, 1.54) is 18.2 Å². The van der Waals surface area contributed by atoms with Gasteiger partial charge in [0.25, 0.3) is 5.91 Å². The van der Waals surface area contributed by atoms with Crippen LogP contribution in [-0.4, -0.2) is 34.4 Å². The van der Waals surface area contributed by atoms with Crippen LogP contribution in [0, 0.1) is 0 Å². The second-order valence-electron chi connectivity index (χ2n) is 8.98. The number of halogens is 2. The van der Waals surface area contributed by atoms with Gasteiger partial charge >= 0.3 is 5.92 Å². The summed E-state index contributed by atoms with van der Waals surface area (Å²) in [4.78, 5) is 50.1. The lowest BCUT2D eigenvalue weighted by Gasteiger charge is -2.29. The normalized spacial score (nSPS) is 20.9. The van der Waals surface area contributed by atoms with E-state index in [0.29, 0.717) is 16.7 Å². The molecule has 0 aromatic heterocycles. The van der Waals surface area contributed by atoms with Crippen LogP contribution in [0.1, 0.15) is 73.0 Å². The summed E-state index contributed by atoms with van der Waals surface area (Å²) in [5.41, 5.74) is 2.02. The van der Waals surface area contributed by atoms with Gasteiger partial charge < -0.3 is 4.90 Å². The Morgan fingerprint density at radius 3 is 2.53 bits per heavy atom. The van der Waals surface area contributed by atoms with E-state index in [0.717, 1.165) is 10.5 Å². The van der Waals surface area contributed by atoms with Crippen molar-refractivity contribution in [2.24, 2.45) is 0 Å². The van der Waals surface area contributed by atoms with E-state index < -0.39 is 35.4 Å². The predicted molar refractivity (Wildman–Crippen MR) is 120 cm³/mol. The summed E-state index contributed by atoms with van der Waals surface area (Å²) >= 11 is 0. The maximum absolute atomic E-state index is 14.7. The van der Waals surface area contributed by atoms with Gasteiger partial charge in [-0.1, -0.05) is 50.2 Å². The van der Waals surface area contributed by atoms with Crippen molar-refractivity contribution in [3.05, 3.63) is 70.3 Å². The number of imide groups is 1. The summed E-state index contributed by atoms with van der Waals surface area (Å²) in [6.07, 6.45) is -0.480. The molecule has 2 aromatic rings. The number of nitrogens with one attached hydrogen (secondary N) is 1. The lowest BCUT2D eigenvalue weighted by molar-refractivity contribution is -0.144. The zero-order valence-corrected chi connectivity index (χ0v) is 19.0. The molecule has 1 N–H and O–H groups in total. The number of hydrogen-bond donors (Lipinski definition) is 1. The van der Waals surface area contributed by atoms with Crippen molar-refractivity contribution >= 4 is 23.5 Å². The Balaban J connectivity index is 1.44. The monoisotopic (exact) mass is 469 g/mol. The fraction of sp³-hybridized carbons (Fsp3) is 0.385. The van der Waals surface area contributed by atoms with Crippen molar-refractivity contribution in [2.75, 3.05) is 0 Å². The fourth-order valence-electron chi connectivity index (χ4n) is 4.27. The van der Waals surface area contributed by atoms with E-state index in [9.17, 15) is 28.0 Å². The number of Topliss-reactive ketones (excluding diaryl/α,β-unsaturated/α-hetero) is 1. The van der Waals surface area contributed by atoms with E-state index >= 15 is 0 Å². The van der Waals surface area contributed by atoms with Crippen LogP contribution in [0.5, 0.6) is 0 Å². The maximum Gasteiger partial charge on any atom is 0.330 e. The third-order valence-corrected chi connectivity index (χ3v) is 6.33. The number of ketones is 1. The van der Waals surface area contributed by atoms with Gasteiger partial charge in [0.1, 0.15) is 6.02 Å². The number of carbonyl (C=O) groups excluding carboxylic acids is 4. The number of amides is 3. The van der Waals surface area contributed by atoms with Crippen LogP contribution in [0.15, 0.2) is 42.5 Å². The van der Waals surface area contributed by atoms with Crippen LogP contribution in [0.3, 0.4) is 0 Å². The fourth-order valence-corrected chi connectivity index (χ4v) is 4.27. The van der Waals surface area contributed by atoms with Crippen molar-refractivity contribution in [1.29, 1.82) is 0 Å². The Morgan fingerprint density at radius 1 is 1.18 bits per heavy atom. The van der Waals surface area contributed by atoms with E-state index in [2.05, 4.69) is 5.32 Å². The topological polar surface area (TPSA) is 83.6 Å². The standard InChI is InChI=1S/C26H26F2N2O4/c1-15(2)17-5-7-19(8-6-17)26(27,28)22(31)11-4-16-3-9-20-18(13-16)14-30(25(20)34)21-10-12-23(32)29-24(21)33/h3,5-9,13,15,21H,4,10-12,14H2,1-2H3,(H,29,32,33)/t21-/m1/s1/i21D. The highest BCUT2D eigenvalue weighted by atomic mass is 19.3. The largest absolute Gasteiger partial charge is 0.330 e. The molecule has 2 aliphatic rings. The summed E-state index contributed by atoms with van der Waals surface area (Å²) in [5, 5.41) is 2.11. The van der Waals surface area contributed by atoms with Crippen molar-refractivity contribution in [3.8, 4) is 0 Å². The number of rotatable bonds is 7. The Morgan fingerprint density at radius 2 is 1.88 bits per heavy atom. The summed E-state index contributed by atoms with van der Waals surface area (Å²) < 4.78 is 38.0. The average molecular weight is 470 g/mol. The molecule has 1 atom stereocenters. The molecule has 1 saturated heterocycles. The lowest BCUT2D eigenvalue weighted by atomic mass is 9.95. The van der Waals surface area contributed by atoms with Gasteiger partial charge in [-0.05, 0) is 41.5 Å². The van der Waals surface area contributed by atoms with E-state index in [1.807, 2.05) is 13.8 Å². The van der Waals surface area contributed by atoms with Gasteiger partial charge in [-0.15, -0.1) is 0 Å².